The number of carbonyl (C=O) groups is 6. The van der Waals surface area contributed by atoms with Crippen LogP contribution in [-0.4, -0.2) is 84.3 Å². The maximum absolute atomic E-state index is 13.0. The van der Waals surface area contributed by atoms with Gasteiger partial charge in [0.15, 0.2) is 5.78 Å². The SMILES string of the molecule is CC(C)C(C)/C=C\C(C)C(C)C(=O)OCC(COC(=O)C(C)C(C)/C=C\C(C)C(C)C)OP(=O)(O)OCCNC(=O)C(C)C(C)C(=O)CN1C(=O)CCC1=O. The third-order valence-electron chi connectivity index (χ3n) is 10.8. The van der Waals surface area contributed by atoms with E-state index in [1.54, 1.807) is 13.8 Å². The Morgan fingerprint density at radius 3 is 1.53 bits per heavy atom. The standard InChI is InChI=1S/C40H67N2O12P/c1-24(2)26(5)13-15-28(7)30(9)39(47)51-22-34(23-52-40(48)31(10)29(8)16-14-27(6)25(3)4)54-55(49,50)53-20-19-41-38(46)33(12)32(11)35(43)21-42-36(44)17-18-37(42)45/h13-16,24-34H,17-23H2,1-12H3,(H,41,46)(H,49,50)/b15-13-,16-14-. The molecule has 0 aliphatic carbocycles. The highest BCUT2D eigenvalue weighted by atomic mass is 31.2. The van der Waals surface area contributed by atoms with Crippen molar-refractivity contribution >= 4 is 43.3 Å². The number of carbonyl (C=O) groups excluding carboxylic acids is 6. The summed E-state index contributed by atoms with van der Waals surface area (Å²) in [5, 5.41) is 2.53. The molecule has 1 saturated heterocycles. The number of ketones is 1. The molecule has 15 heteroatoms. The molecule has 0 saturated carbocycles. The first-order valence-electron chi connectivity index (χ1n) is 19.5. The molecule has 2 N–H and O–H groups in total. The zero-order chi connectivity index (χ0) is 42.2. The van der Waals surface area contributed by atoms with Gasteiger partial charge in [-0.25, -0.2) is 4.57 Å². The summed E-state index contributed by atoms with van der Waals surface area (Å²) < 4.78 is 34.3. The molecule has 1 aliphatic rings. The van der Waals surface area contributed by atoms with Crippen LogP contribution < -0.4 is 5.32 Å². The predicted molar refractivity (Wildman–Crippen MR) is 208 cm³/mol. The number of esters is 2. The summed E-state index contributed by atoms with van der Waals surface area (Å²) in [6.07, 6.45) is 6.75. The summed E-state index contributed by atoms with van der Waals surface area (Å²) in [5.41, 5.74) is 0. The lowest BCUT2D eigenvalue weighted by Gasteiger charge is -2.24. The Bertz CT molecular complexity index is 1340. The zero-order valence-electron chi connectivity index (χ0n) is 34.9. The summed E-state index contributed by atoms with van der Waals surface area (Å²) in [4.78, 5) is 86.6. The van der Waals surface area contributed by atoms with Crippen molar-refractivity contribution in [2.45, 2.75) is 102 Å². The van der Waals surface area contributed by atoms with E-state index in [2.05, 4.69) is 59.0 Å². The quantitative estimate of drug-likeness (QED) is 0.0365. The average molecular weight is 799 g/mol. The Labute approximate surface area is 328 Å². The molecule has 314 valence electrons. The number of rotatable bonds is 25. The number of ether oxygens (including phenoxy) is 2. The number of allylic oxidation sites excluding steroid dienone is 4. The Balaban J connectivity index is 2.88. The predicted octanol–water partition coefficient (Wildman–Crippen LogP) is 5.92. The number of nitrogens with one attached hydrogen (secondary N) is 1. The van der Waals surface area contributed by atoms with Crippen LogP contribution in [0.5, 0.6) is 0 Å². The molecule has 0 aromatic rings. The Morgan fingerprint density at radius 1 is 0.691 bits per heavy atom. The first kappa shape index (κ1) is 49.8. The van der Waals surface area contributed by atoms with E-state index in [0.29, 0.717) is 23.7 Å². The largest absolute Gasteiger partial charge is 0.472 e. The lowest BCUT2D eigenvalue weighted by Crippen LogP contribution is -2.41. The van der Waals surface area contributed by atoms with E-state index in [0.717, 1.165) is 4.90 Å². The molecule has 0 bridgehead atoms. The molecular weight excluding hydrogens is 731 g/mol. The molecule has 0 aromatic carbocycles. The smallest absolute Gasteiger partial charge is 0.463 e. The van der Waals surface area contributed by atoms with Gasteiger partial charge in [0.05, 0.1) is 25.0 Å². The molecular formula is C40H67N2O12P. The van der Waals surface area contributed by atoms with Crippen molar-refractivity contribution in [2.75, 3.05) is 32.9 Å². The second-order valence-electron chi connectivity index (χ2n) is 15.8. The molecule has 55 heavy (non-hydrogen) atoms. The number of hydrogen-bond donors (Lipinski definition) is 2. The number of phosphoric acid groups is 1. The van der Waals surface area contributed by atoms with Gasteiger partial charge in [0.25, 0.3) is 0 Å². The van der Waals surface area contributed by atoms with Crippen LogP contribution in [0.3, 0.4) is 0 Å². The summed E-state index contributed by atoms with van der Waals surface area (Å²) in [6.45, 7) is 20.7. The third-order valence-corrected chi connectivity index (χ3v) is 11.8. The van der Waals surface area contributed by atoms with E-state index >= 15 is 0 Å². The molecule has 0 radical (unpaired) electrons. The lowest BCUT2D eigenvalue weighted by atomic mass is 9.91. The van der Waals surface area contributed by atoms with Gasteiger partial charge in [0.2, 0.25) is 17.7 Å². The van der Waals surface area contributed by atoms with Crippen molar-refractivity contribution in [1.82, 2.24) is 10.2 Å². The summed E-state index contributed by atoms with van der Waals surface area (Å²) in [6, 6.07) is 0. The number of nitrogens with zero attached hydrogens (tertiary/aromatic N) is 1. The topological polar surface area (TPSA) is 192 Å². The molecule has 0 aromatic heterocycles. The van der Waals surface area contributed by atoms with E-state index in [4.69, 9.17) is 18.5 Å². The van der Waals surface area contributed by atoms with Crippen molar-refractivity contribution in [1.29, 1.82) is 0 Å². The van der Waals surface area contributed by atoms with Crippen LogP contribution in [0.15, 0.2) is 24.3 Å². The molecule has 3 amide bonds. The van der Waals surface area contributed by atoms with Crippen molar-refractivity contribution in [2.24, 2.45) is 59.2 Å². The first-order chi connectivity index (χ1) is 25.5. The molecule has 0 spiro atoms. The summed E-state index contributed by atoms with van der Waals surface area (Å²) in [7, 11) is -4.84. The Hall–Kier alpha value is -3.19. The fraction of sp³-hybridized carbons (Fsp3) is 0.750. The fourth-order valence-electron chi connectivity index (χ4n) is 4.95. The van der Waals surface area contributed by atoms with Crippen molar-refractivity contribution in [3.05, 3.63) is 24.3 Å². The van der Waals surface area contributed by atoms with Gasteiger partial charge in [-0.05, 0) is 35.5 Å². The van der Waals surface area contributed by atoms with Crippen LogP contribution in [0.2, 0.25) is 0 Å². The Morgan fingerprint density at radius 2 is 1.11 bits per heavy atom. The van der Waals surface area contributed by atoms with Gasteiger partial charge in [-0.3, -0.25) is 42.7 Å². The molecule has 1 fully saturated rings. The number of likely N-dealkylation sites (tertiary alicyclic amines) is 1. The van der Waals surface area contributed by atoms with Crippen molar-refractivity contribution < 1.29 is 56.7 Å². The third kappa shape index (κ3) is 17.7. The monoisotopic (exact) mass is 798 g/mol. The number of hydrogen-bond acceptors (Lipinski definition) is 11. The summed E-state index contributed by atoms with van der Waals surface area (Å²) in [5.74, 6) is -4.62. The van der Waals surface area contributed by atoms with Crippen LogP contribution in [0.4, 0.5) is 0 Å². The van der Waals surface area contributed by atoms with Gasteiger partial charge >= 0.3 is 19.8 Å². The van der Waals surface area contributed by atoms with Gasteiger partial charge in [-0.1, -0.05) is 107 Å². The van der Waals surface area contributed by atoms with Crippen molar-refractivity contribution in [3.63, 3.8) is 0 Å². The van der Waals surface area contributed by atoms with Crippen LogP contribution >= 0.6 is 7.82 Å². The number of phosphoric ester groups is 1. The van der Waals surface area contributed by atoms with Crippen LogP contribution in [0, 0.1) is 59.2 Å². The van der Waals surface area contributed by atoms with Gasteiger partial charge in [0, 0.05) is 31.2 Å². The van der Waals surface area contributed by atoms with Crippen LogP contribution in [-0.2, 0) is 51.9 Å². The van der Waals surface area contributed by atoms with Gasteiger partial charge in [-0.2, -0.15) is 0 Å². The highest BCUT2D eigenvalue weighted by Crippen LogP contribution is 2.44. The molecule has 1 aliphatic heterocycles. The first-order valence-corrected chi connectivity index (χ1v) is 21.0. The fourth-order valence-corrected chi connectivity index (χ4v) is 5.83. The van der Waals surface area contributed by atoms with E-state index in [1.807, 2.05) is 26.0 Å². The van der Waals surface area contributed by atoms with Crippen molar-refractivity contribution in [3.8, 4) is 0 Å². The minimum atomic E-state index is -4.84. The highest BCUT2D eigenvalue weighted by Gasteiger charge is 2.35. The van der Waals surface area contributed by atoms with E-state index in [-0.39, 0.29) is 31.2 Å². The molecule has 14 nitrogen and oxygen atoms in total. The maximum Gasteiger partial charge on any atom is 0.472 e. The number of imide groups is 1. The van der Waals surface area contributed by atoms with E-state index in [1.165, 1.54) is 13.8 Å². The van der Waals surface area contributed by atoms with E-state index < -0.39 is 99.4 Å². The minimum absolute atomic E-state index is 0.0504. The van der Waals surface area contributed by atoms with Crippen LogP contribution in [0.25, 0.3) is 0 Å². The lowest BCUT2D eigenvalue weighted by molar-refractivity contribution is -0.157. The summed E-state index contributed by atoms with van der Waals surface area (Å²) >= 11 is 0. The minimum Gasteiger partial charge on any atom is -0.463 e. The molecule has 9 unspecified atom stereocenters. The second kappa shape index (κ2) is 23.8. The Kier molecular flexibility index (Phi) is 21.5. The molecule has 9 atom stereocenters. The average Bonchev–Trinajstić information content (AvgIpc) is 3.45. The highest BCUT2D eigenvalue weighted by molar-refractivity contribution is 7.47. The number of amides is 3. The molecule has 1 heterocycles. The number of Topliss-reactive ketones (excluding diaryl/α,β-unsaturated/α-hetero) is 1. The van der Waals surface area contributed by atoms with Crippen LogP contribution in [0.1, 0.15) is 95.9 Å². The van der Waals surface area contributed by atoms with Gasteiger partial charge < -0.3 is 19.7 Å². The molecule has 1 rings (SSSR count). The zero-order valence-corrected chi connectivity index (χ0v) is 35.8. The maximum atomic E-state index is 13.0. The normalized spacial score (nSPS) is 19.8. The van der Waals surface area contributed by atoms with Gasteiger partial charge in [0.1, 0.15) is 19.3 Å². The second-order valence-corrected chi connectivity index (χ2v) is 17.2. The van der Waals surface area contributed by atoms with E-state index in [9.17, 15) is 38.2 Å². The van der Waals surface area contributed by atoms with Gasteiger partial charge in [-0.15, -0.1) is 0 Å².